The van der Waals surface area contributed by atoms with Gasteiger partial charge in [0.2, 0.25) is 5.91 Å². The highest BCUT2D eigenvalue weighted by Gasteiger charge is 2.20. The number of carbonyl (C=O) groups is 1. The van der Waals surface area contributed by atoms with Gasteiger partial charge in [0.1, 0.15) is 5.75 Å². The van der Waals surface area contributed by atoms with Gasteiger partial charge in [-0.05, 0) is 37.5 Å². The summed E-state index contributed by atoms with van der Waals surface area (Å²) in [5.41, 5.74) is 2.26. The molecule has 31 heavy (non-hydrogen) atoms. The Bertz CT molecular complexity index is 1000. The van der Waals surface area contributed by atoms with Crippen LogP contribution in [-0.4, -0.2) is 33.0 Å². The zero-order valence-corrected chi connectivity index (χ0v) is 18.8. The largest absolute Gasteiger partial charge is 0.482 e. The zero-order chi connectivity index (χ0) is 22.1. The van der Waals surface area contributed by atoms with Gasteiger partial charge in [0.05, 0.1) is 5.75 Å². The molecular formula is C24H28N4O2S. The SMILES string of the molecule is C=CCn1c(SCC(=O)NCCc2ccccc2)nnc1C(C)Oc1ccccc1C. The summed E-state index contributed by atoms with van der Waals surface area (Å²) in [7, 11) is 0. The van der Waals surface area contributed by atoms with E-state index < -0.39 is 0 Å². The Kier molecular flexibility index (Phi) is 8.29. The minimum absolute atomic E-state index is 0.0279. The van der Waals surface area contributed by atoms with Crippen LogP contribution in [0.15, 0.2) is 72.4 Å². The molecule has 1 atom stereocenters. The average molecular weight is 437 g/mol. The maximum Gasteiger partial charge on any atom is 0.230 e. The minimum atomic E-state index is -0.289. The first-order valence-corrected chi connectivity index (χ1v) is 11.3. The van der Waals surface area contributed by atoms with Gasteiger partial charge in [-0.3, -0.25) is 9.36 Å². The third-order valence-corrected chi connectivity index (χ3v) is 5.70. The van der Waals surface area contributed by atoms with Crippen LogP contribution in [0.2, 0.25) is 0 Å². The lowest BCUT2D eigenvalue weighted by Crippen LogP contribution is -2.27. The molecule has 0 radical (unpaired) electrons. The summed E-state index contributed by atoms with van der Waals surface area (Å²) in [5.74, 6) is 1.77. The van der Waals surface area contributed by atoms with E-state index in [0.29, 0.717) is 24.1 Å². The first kappa shape index (κ1) is 22.6. The molecule has 1 amide bonds. The van der Waals surface area contributed by atoms with Crippen molar-refractivity contribution in [1.82, 2.24) is 20.1 Å². The van der Waals surface area contributed by atoms with Crippen molar-refractivity contribution in [3.05, 3.63) is 84.2 Å². The normalized spacial score (nSPS) is 11.7. The molecule has 3 aromatic rings. The van der Waals surface area contributed by atoms with Crippen LogP contribution in [0, 0.1) is 6.92 Å². The van der Waals surface area contributed by atoms with Gasteiger partial charge in [0, 0.05) is 13.1 Å². The highest BCUT2D eigenvalue weighted by Crippen LogP contribution is 2.26. The van der Waals surface area contributed by atoms with Gasteiger partial charge in [-0.2, -0.15) is 0 Å². The van der Waals surface area contributed by atoms with Crippen molar-refractivity contribution in [3.63, 3.8) is 0 Å². The van der Waals surface area contributed by atoms with E-state index in [0.717, 1.165) is 17.7 Å². The van der Waals surface area contributed by atoms with E-state index in [1.54, 1.807) is 6.08 Å². The fourth-order valence-corrected chi connectivity index (χ4v) is 3.90. The van der Waals surface area contributed by atoms with Crippen LogP contribution in [-0.2, 0) is 17.8 Å². The number of benzene rings is 2. The molecular weight excluding hydrogens is 408 g/mol. The fraction of sp³-hybridized carbons (Fsp3) is 0.292. The summed E-state index contributed by atoms with van der Waals surface area (Å²) in [6.07, 6.45) is 2.31. The van der Waals surface area contributed by atoms with Crippen LogP contribution < -0.4 is 10.1 Å². The number of allylic oxidation sites excluding steroid dienone is 1. The Hall–Kier alpha value is -3.06. The molecule has 0 aliphatic carbocycles. The Morgan fingerprint density at radius 2 is 1.94 bits per heavy atom. The zero-order valence-electron chi connectivity index (χ0n) is 18.0. The predicted molar refractivity (Wildman–Crippen MR) is 124 cm³/mol. The second-order valence-electron chi connectivity index (χ2n) is 7.14. The van der Waals surface area contributed by atoms with Crippen molar-refractivity contribution in [3.8, 4) is 5.75 Å². The van der Waals surface area contributed by atoms with E-state index in [9.17, 15) is 4.79 Å². The average Bonchev–Trinajstić information content (AvgIpc) is 3.17. The Labute approximate surface area is 187 Å². The number of amides is 1. The van der Waals surface area contributed by atoms with Gasteiger partial charge in [0.25, 0.3) is 0 Å². The lowest BCUT2D eigenvalue weighted by Gasteiger charge is -2.17. The van der Waals surface area contributed by atoms with E-state index in [2.05, 4.69) is 34.2 Å². The Balaban J connectivity index is 1.57. The molecule has 6 nitrogen and oxygen atoms in total. The van der Waals surface area contributed by atoms with Crippen LogP contribution in [0.25, 0.3) is 0 Å². The maximum atomic E-state index is 12.3. The molecule has 1 heterocycles. The quantitative estimate of drug-likeness (QED) is 0.357. The Morgan fingerprint density at radius 1 is 1.19 bits per heavy atom. The van der Waals surface area contributed by atoms with E-state index in [4.69, 9.17) is 4.74 Å². The monoisotopic (exact) mass is 436 g/mol. The molecule has 2 aromatic carbocycles. The smallest absolute Gasteiger partial charge is 0.230 e. The van der Waals surface area contributed by atoms with Gasteiger partial charge < -0.3 is 10.1 Å². The lowest BCUT2D eigenvalue weighted by molar-refractivity contribution is -0.118. The topological polar surface area (TPSA) is 69.0 Å². The fourth-order valence-electron chi connectivity index (χ4n) is 3.11. The summed E-state index contributed by atoms with van der Waals surface area (Å²) in [5, 5.41) is 12.2. The molecule has 162 valence electrons. The third kappa shape index (κ3) is 6.46. The maximum absolute atomic E-state index is 12.3. The summed E-state index contributed by atoms with van der Waals surface area (Å²) in [4.78, 5) is 12.3. The summed E-state index contributed by atoms with van der Waals surface area (Å²) in [6.45, 7) is 8.94. The van der Waals surface area contributed by atoms with E-state index in [-0.39, 0.29) is 17.8 Å². The second-order valence-corrected chi connectivity index (χ2v) is 8.08. The number of aryl methyl sites for hydroxylation is 1. The van der Waals surface area contributed by atoms with Crippen molar-refractivity contribution >= 4 is 17.7 Å². The molecule has 1 N–H and O–H groups in total. The van der Waals surface area contributed by atoms with Gasteiger partial charge in [-0.1, -0.05) is 66.4 Å². The van der Waals surface area contributed by atoms with Crippen molar-refractivity contribution in [2.24, 2.45) is 0 Å². The molecule has 0 fully saturated rings. The van der Waals surface area contributed by atoms with E-state index in [1.165, 1.54) is 17.3 Å². The molecule has 0 bridgehead atoms. The number of hydrogen-bond acceptors (Lipinski definition) is 5. The van der Waals surface area contributed by atoms with Crippen molar-refractivity contribution in [1.29, 1.82) is 0 Å². The number of para-hydroxylation sites is 1. The number of nitrogens with zero attached hydrogens (tertiary/aromatic N) is 3. The lowest BCUT2D eigenvalue weighted by atomic mass is 10.1. The van der Waals surface area contributed by atoms with Crippen LogP contribution in [0.5, 0.6) is 5.75 Å². The molecule has 0 aliphatic heterocycles. The van der Waals surface area contributed by atoms with Crippen LogP contribution in [0.3, 0.4) is 0 Å². The molecule has 0 saturated carbocycles. The van der Waals surface area contributed by atoms with E-state index >= 15 is 0 Å². The van der Waals surface area contributed by atoms with Gasteiger partial charge in [-0.25, -0.2) is 0 Å². The number of nitrogens with one attached hydrogen (secondary N) is 1. The van der Waals surface area contributed by atoms with Crippen LogP contribution in [0.4, 0.5) is 0 Å². The number of ether oxygens (including phenoxy) is 1. The standard InChI is InChI=1S/C24H28N4O2S/c1-4-16-28-23(19(3)30-21-13-9-8-10-18(21)2)26-27-24(28)31-17-22(29)25-15-14-20-11-6-5-7-12-20/h4-13,19H,1,14-17H2,2-3H3,(H,25,29). The molecule has 7 heteroatoms. The number of thioether (sulfide) groups is 1. The van der Waals surface area contributed by atoms with Crippen molar-refractivity contribution < 1.29 is 9.53 Å². The van der Waals surface area contributed by atoms with Gasteiger partial charge >= 0.3 is 0 Å². The molecule has 0 saturated heterocycles. The first-order chi connectivity index (χ1) is 15.1. The third-order valence-electron chi connectivity index (χ3n) is 4.73. The summed E-state index contributed by atoms with van der Waals surface area (Å²) in [6, 6.07) is 18.0. The van der Waals surface area contributed by atoms with E-state index in [1.807, 2.05) is 60.9 Å². The van der Waals surface area contributed by atoms with Crippen molar-refractivity contribution in [2.75, 3.05) is 12.3 Å². The highest BCUT2D eigenvalue weighted by atomic mass is 32.2. The molecule has 0 spiro atoms. The Morgan fingerprint density at radius 3 is 2.68 bits per heavy atom. The minimum Gasteiger partial charge on any atom is -0.482 e. The number of carbonyl (C=O) groups excluding carboxylic acids is 1. The summed E-state index contributed by atoms with van der Waals surface area (Å²) < 4.78 is 8.05. The highest BCUT2D eigenvalue weighted by molar-refractivity contribution is 7.99. The number of hydrogen-bond donors (Lipinski definition) is 1. The van der Waals surface area contributed by atoms with Gasteiger partial charge in [-0.15, -0.1) is 16.8 Å². The number of aromatic nitrogens is 3. The molecule has 3 rings (SSSR count). The molecule has 1 aromatic heterocycles. The predicted octanol–water partition coefficient (Wildman–Crippen LogP) is 4.36. The molecule has 0 aliphatic rings. The van der Waals surface area contributed by atoms with Crippen LogP contribution in [0.1, 0.15) is 30.0 Å². The first-order valence-electron chi connectivity index (χ1n) is 10.3. The van der Waals surface area contributed by atoms with Crippen LogP contribution >= 0.6 is 11.8 Å². The molecule has 1 unspecified atom stereocenters. The van der Waals surface area contributed by atoms with Crippen molar-refractivity contribution in [2.45, 2.75) is 38.1 Å². The second kappa shape index (κ2) is 11.4. The number of rotatable bonds is 11. The van der Waals surface area contributed by atoms with Gasteiger partial charge in [0.15, 0.2) is 17.1 Å². The summed E-state index contributed by atoms with van der Waals surface area (Å²) >= 11 is 1.36.